The van der Waals surface area contributed by atoms with Crippen LogP contribution >= 0.6 is 11.3 Å². The predicted octanol–water partition coefficient (Wildman–Crippen LogP) is 1.67. The van der Waals surface area contributed by atoms with Gasteiger partial charge in [0.1, 0.15) is 5.01 Å². The number of nitrogens with two attached hydrogens (primary N) is 1. The quantitative estimate of drug-likeness (QED) is 0.770. The average Bonchev–Trinajstić information content (AvgIpc) is 2.71. The van der Waals surface area contributed by atoms with Gasteiger partial charge in [-0.2, -0.15) is 0 Å². The van der Waals surface area contributed by atoms with Gasteiger partial charge in [0.15, 0.2) is 4.88 Å². The smallest absolute Gasteiger partial charge is 0.351 e. The van der Waals surface area contributed by atoms with Crippen molar-refractivity contribution >= 4 is 17.3 Å². The lowest BCUT2D eigenvalue weighted by Gasteiger charge is -1.98. The number of rotatable bonds is 3. The zero-order valence-corrected chi connectivity index (χ0v) is 9.57. The fourth-order valence-corrected chi connectivity index (χ4v) is 2.16. The Morgan fingerprint density at radius 3 is 2.47 bits per heavy atom. The summed E-state index contributed by atoms with van der Waals surface area (Å²) in [6.07, 6.45) is 0. The van der Waals surface area contributed by atoms with E-state index in [0.29, 0.717) is 11.6 Å². The zero-order chi connectivity index (χ0) is 12.4. The topological polar surface area (TPSA) is 96.4 Å². The highest BCUT2D eigenvalue weighted by Gasteiger charge is 2.17. The number of carboxylic acid groups (broad SMARTS) is 1. The Morgan fingerprint density at radius 1 is 1.35 bits per heavy atom. The van der Waals surface area contributed by atoms with E-state index < -0.39 is 11.8 Å². The van der Waals surface area contributed by atoms with Crippen LogP contribution in [0.4, 0.5) is 0 Å². The molecule has 0 bridgehead atoms. The lowest BCUT2D eigenvalue weighted by molar-refractivity contribution is 0.0699. The fourth-order valence-electron chi connectivity index (χ4n) is 1.36. The molecule has 1 aromatic carbocycles. The number of aromatic hydroxyl groups is 1. The molecule has 0 saturated carbocycles. The van der Waals surface area contributed by atoms with E-state index in [1.54, 1.807) is 12.1 Å². The normalized spacial score (nSPS) is 10.4. The van der Waals surface area contributed by atoms with Crippen LogP contribution in [0.1, 0.15) is 15.2 Å². The van der Waals surface area contributed by atoms with Crippen molar-refractivity contribution < 1.29 is 15.0 Å². The predicted molar refractivity (Wildman–Crippen MR) is 64.1 cm³/mol. The molecule has 2 aromatic rings. The summed E-state index contributed by atoms with van der Waals surface area (Å²) >= 11 is 0.942. The summed E-state index contributed by atoms with van der Waals surface area (Å²) in [4.78, 5) is 14.4. The van der Waals surface area contributed by atoms with Crippen LogP contribution < -0.4 is 5.73 Å². The first-order valence-corrected chi connectivity index (χ1v) is 5.66. The Labute approximate surface area is 101 Å². The summed E-state index contributed by atoms with van der Waals surface area (Å²) < 4.78 is 0. The molecule has 0 radical (unpaired) electrons. The molecule has 0 fully saturated rings. The molecule has 0 atom stereocenters. The van der Waals surface area contributed by atoms with Crippen LogP contribution in [0.3, 0.4) is 0 Å². The van der Waals surface area contributed by atoms with E-state index in [1.165, 1.54) is 0 Å². The molecule has 0 aliphatic heterocycles. The molecular weight excluding hydrogens is 240 g/mol. The second-order valence-corrected chi connectivity index (χ2v) is 4.38. The first kappa shape index (κ1) is 11.6. The van der Waals surface area contributed by atoms with Crippen LogP contribution in [0.25, 0.3) is 10.6 Å². The second kappa shape index (κ2) is 4.52. The van der Waals surface area contributed by atoms with E-state index >= 15 is 0 Å². The first-order valence-electron chi connectivity index (χ1n) is 4.84. The maximum absolute atomic E-state index is 10.8. The van der Waals surface area contributed by atoms with Gasteiger partial charge in [-0.25, -0.2) is 9.78 Å². The molecule has 0 saturated heterocycles. The maximum atomic E-state index is 10.8. The van der Waals surface area contributed by atoms with Crippen molar-refractivity contribution in [3.05, 3.63) is 34.7 Å². The average molecular weight is 250 g/mol. The van der Waals surface area contributed by atoms with Crippen molar-refractivity contribution in [3.63, 3.8) is 0 Å². The van der Waals surface area contributed by atoms with E-state index in [9.17, 15) is 9.90 Å². The minimum Gasteiger partial charge on any atom is -0.492 e. The number of aromatic nitrogens is 1. The summed E-state index contributed by atoms with van der Waals surface area (Å²) in [7, 11) is 0. The van der Waals surface area contributed by atoms with Crippen molar-refractivity contribution in [1.82, 2.24) is 4.98 Å². The van der Waals surface area contributed by atoms with Gasteiger partial charge in [-0.15, -0.1) is 11.3 Å². The Kier molecular flexibility index (Phi) is 3.08. The Balaban J connectivity index is 2.39. The highest BCUT2D eigenvalue weighted by Crippen LogP contribution is 2.31. The molecule has 0 spiro atoms. The second-order valence-electron chi connectivity index (χ2n) is 3.38. The number of hydrogen-bond acceptors (Lipinski definition) is 5. The molecule has 1 aromatic heterocycles. The van der Waals surface area contributed by atoms with Gasteiger partial charge in [-0.05, 0) is 5.56 Å². The summed E-state index contributed by atoms with van der Waals surface area (Å²) in [5.74, 6) is -1.62. The minimum atomic E-state index is -1.18. The van der Waals surface area contributed by atoms with Gasteiger partial charge < -0.3 is 15.9 Å². The van der Waals surface area contributed by atoms with Crippen LogP contribution in [-0.4, -0.2) is 21.2 Å². The maximum Gasteiger partial charge on any atom is 0.351 e. The molecule has 2 rings (SSSR count). The van der Waals surface area contributed by atoms with Crippen molar-refractivity contribution in [3.8, 4) is 16.5 Å². The molecule has 17 heavy (non-hydrogen) atoms. The van der Waals surface area contributed by atoms with Gasteiger partial charge in [-0.1, -0.05) is 24.3 Å². The van der Waals surface area contributed by atoms with Gasteiger partial charge in [-0.3, -0.25) is 0 Å². The number of carbonyl (C=O) groups is 1. The van der Waals surface area contributed by atoms with Crippen molar-refractivity contribution in [2.45, 2.75) is 6.54 Å². The van der Waals surface area contributed by atoms with Crippen molar-refractivity contribution in [1.29, 1.82) is 0 Å². The minimum absolute atomic E-state index is 0.150. The van der Waals surface area contributed by atoms with Crippen LogP contribution in [0.5, 0.6) is 5.88 Å². The van der Waals surface area contributed by atoms with E-state index in [1.807, 2.05) is 12.1 Å². The first-order chi connectivity index (χ1) is 8.11. The molecule has 6 heteroatoms. The van der Waals surface area contributed by atoms with E-state index in [4.69, 9.17) is 10.8 Å². The number of aromatic carboxylic acids is 1. The largest absolute Gasteiger partial charge is 0.492 e. The van der Waals surface area contributed by atoms with Crippen molar-refractivity contribution in [2.75, 3.05) is 0 Å². The molecule has 4 N–H and O–H groups in total. The molecule has 0 aliphatic rings. The van der Waals surface area contributed by atoms with Gasteiger partial charge in [0.05, 0.1) is 0 Å². The van der Waals surface area contributed by atoms with Crippen LogP contribution in [-0.2, 0) is 6.54 Å². The van der Waals surface area contributed by atoms with E-state index in [-0.39, 0.29) is 4.88 Å². The fraction of sp³-hybridized carbons (Fsp3) is 0.0909. The highest BCUT2D eigenvalue weighted by atomic mass is 32.1. The van der Waals surface area contributed by atoms with Gasteiger partial charge >= 0.3 is 5.97 Å². The van der Waals surface area contributed by atoms with Gasteiger partial charge in [0.2, 0.25) is 5.88 Å². The van der Waals surface area contributed by atoms with Crippen molar-refractivity contribution in [2.24, 2.45) is 5.73 Å². The summed E-state index contributed by atoms with van der Waals surface area (Å²) in [6, 6.07) is 7.28. The molecule has 88 valence electrons. The van der Waals surface area contributed by atoms with Gasteiger partial charge in [0.25, 0.3) is 0 Å². The van der Waals surface area contributed by atoms with Crippen LogP contribution in [0.2, 0.25) is 0 Å². The summed E-state index contributed by atoms with van der Waals surface area (Å²) in [5, 5.41) is 18.6. The highest BCUT2D eigenvalue weighted by molar-refractivity contribution is 7.17. The molecular formula is C11H10N2O3S. The lowest BCUT2D eigenvalue weighted by atomic mass is 10.1. The number of nitrogens with zero attached hydrogens (tertiary/aromatic N) is 1. The van der Waals surface area contributed by atoms with Crippen LogP contribution in [0, 0.1) is 0 Å². The van der Waals surface area contributed by atoms with E-state index in [2.05, 4.69) is 4.98 Å². The number of thiazole rings is 1. The molecule has 1 heterocycles. The third kappa shape index (κ3) is 2.27. The van der Waals surface area contributed by atoms with Crippen LogP contribution in [0.15, 0.2) is 24.3 Å². The summed E-state index contributed by atoms with van der Waals surface area (Å²) in [6.45, 7) is 0.448. The van der Waals surface area contributed by atoms with Gasteiger partial charge in [0, 0.05) is 12.1 Å². The third-order valence-electron chi connectivity index (χ3n) is 2.24. The third-order valence-corrected chi connectivity index (χ3v) is 3.32. The monoisotopic (exact) mass is 250 g/mol. The van der Waals surface area contributed by atoms with E-state index in [0.717, 1.165) is 22.5 Å². The molecule has 0 unspecified atom stereocenters. The molecule has 0 aliphatic carbocycles. The molecule has 0 amide bonds. The Morgan fingerprint density at radius 2 is 2.00 bits per heavy atom. The number of carboxylic acids is 1. The lowest BCUT2D eigenvalue weighted by Crippen LogP contribution is -1.94. The summed E-state index contributed by atoms with van der Waals surface area (Å²) in [5.41, 5.74) is 7.21. The zero-order valence-electron chi connectivity index (χ0n) is 8.75. The Bertz CT molecular complexity index is 548. The number of benzene rings is 1. The standard InChI is InChI=1S/C11H10N2O3S/c12-5-6-1-3-7(4-2-6)10-13-9(14)8(17-10)11(15)16/h1-4,14H,5,12H2,(H,15,16). The number of hydrogen-bond donors (Lipinski definition) is 3. The SMILES string of the molecule is NCc1ccc(-c2nc(O)c(C(=O)O)s2)cc1. The Hall–Kier alpha value is -1.92. The molecule has 5 nitrogen and oxygen atoms in total.